The number of anilines is 2. The number of hydrogen-bond donors (Lipinski definition) is 1. The molecule has 0 aliphatic rings. The standard InChI is InChI=1S/C26H23N5O2/c1-32-23-13-22(14-24(15-23)33-2)31(17-26-28-9-10-29-26)21-3-4-25-19(12-21)11-20(16-30-25)18-5-7-27-8-6-18/h3-16H,17H2,1-2H3,(H,28,29). The molecule has 5 rings (SSSR count). The molecule has 0 saturated heterocycles. The first-order valence-electron chi connectivity index (χ1n) is 10.5. The average molecular weight is 438 g/mol. The van der Waals surface area contributed by atoms with Crippen molar-refractivity contribution in [2.45, 2.75) is 6.54 Å². The largest absolute Gasteiger partial charge is 0.497 e. The van der Waals surface area contributed by atoms with Gasteiger partial charge in [0.15, 0.2) is 0 Å². The molecule has 0 aliphatic carbocycles. The van der Waals surface area contributed by atoms with Crippen LogP contribution in [0.15, 0.2) is 85.6 Å². The number of aromatic nitrogens is 4. The molecule has 3 aromatic heterocycles. The molecule has 0 fully saturated rings. The highest BCUT2D eigenvalue weighted by Gasteiger charge is 2.15. The summed E-state index contributed by atoms with van der Waals surface area (Å²) in [6.45, 7) is 0.548. The molecule has 7 nitrogen and oxygen atoms in total. The lowest BCUT2D eigenvalue weighted by molar-refractivity contribution is 0.394. The zero-order valence-corrected chi connectivity index (χ0v) is 18.4. The van der Waals surface area contributed by atoms with E-state index < -0.39 is 0 Å². The third-order valence-electron chi connectivity index (χ3n) is 5.50. The Morgan fingerprint density at radius 1 is 0.788 bits per heavy atom. The third-order valence-corrected chi connectivity index (χ3v) is 5.50. The molecular formula is C26H23N5O2. The fourth-order valence-electron chi connectivity index (χ4n) is 3.80. The monoisotopic (exact) mass is 437 g/mol. The van der Waals surface area contributed by atoms with Crippen LogP contribution in [0.25, 0.3) is 22.0 Å². The fourth-order valence-corrected chi connectivity index (χ4v) is 3.80. The van der Waals surface area contributed by atoms with Crippen LogP contribution in [0.2, 0.25) is 0 Å². The number of fused-ring (bicyclic) bond motifs is 1. The minimum atomic E-state index is 0.548. The molecule has 0 bridgehead atoms. The van der Waals surface area contributed by atoms with Gasteiger partial charge in [-0.05, 0) is 42.0 Å². The molecule has 0 aliphatic heterocycles. The second kappa shape index (κ2) is 9.00. The van der Waals surface area contributed by atoms with E-state index in [-0.39, 0.29) is 0 Å². The van der Waals surface area contributed by atoms with Crippen LogP contribution in [0.3, 0.4) is 0 Å². The molecule has 0 radical (unpaired) electrons. The second-order valence-electron chi connectivity index (χ2n) is 7.53. The van der Waals surface area contributed by atoms with Crippen molar-refractivity contribution >= 4 is 22.3 Å². The summed E-state index contributed by atoms with van der Waals surface area (Å²) in [5.74, 6) is 2.29. The van der Waals surface area contributed by atoms with Crippen molar-refractivity contribution < 1.29 is 9.47 Å². The minimum absolute atomic E-state index is 0.548. The quantitative estimate of drug-likeness (QED) is 0.369. The van der Waals surface area contributed by atoms with E-state index in [4.69, 9.17) is 9.47 Å². The van der Waals surface area contributed by atoms with Crippen LogP contribution in [0.4, 0.5) is 11.4 Å². The van der Waals surface area contributed by atoms with Gasteiger partial charge in [0.05, 0.1) is 26.3 Å². The number of imidazole rings is 1. The van der Waals surface area contributed by atoms with Gasteiger partial charge in [0.2, 0.25) is 0 Å². The van der Waals surface area contributed by atoms with Crippen molar-refractivity contribution in [1.82, 2.24) is 19.9 Å². The lowest BCUT2D eigenvalue weighted by Crippen LogP contribution is -2.17. The number of benzene rings is 2. The molecule has 5 aromatic rings. The fraction of sp³-hybridized carbons (Fsp3) is 0.115. The second-order valence-corrected chi connectivity index (χ2v) is 7.53. The van der Waals surface area contributed by atoms with E-state index in [1.807, 2.05) is 48.8 Å². The van der Waals surface area contributed by atoms with Gasteiger partial charge in [-0.3, -0.25) is 9.97 Å². The zero-order valence-electron chi connectivity index (χ0n) is 18.4. The summed E-state index contributed by atoms with van der Waals surface area (Å²) >= 11 is 0. The summed E-state index contributed by atoms with van der Waals surface area (Å²) in [6.07, 6.45) is 9.05. The Hall–Kier alpha value is -4.39. The maximum atomic E-state index is 5.51. The van der Waals surface area contributed by atoms with E-state index in [0.29, 0.717) is 6.54 Å². The Morgan fingerprint density at radius 3 is 2.27 bits per heavy atom. The Morgan fingerprint density at radius 2 is 1.58 bits per heavy atom. The average Bonchev–Trinajstić information content (AvgIpc) is 3.40. The van der Waals surface area contributed by atoms with Crippen LogP contribution in [0.5, 0.6) is 11.5 Å². The summed E-state index contributed by atoms with van der Waals surface area (Å²) in [5, 5.41) is 1.04. The van der Waals surface area contributed by atoms with Gasteiger partial charge in [0.1, 0.15) is 17.3 Å². The number of pyridine rings is 2. The molecule has 0 amide bonds. The molecule has 164 valence electrons. The Labute approximate surface area is 191 Å². The smallest absolute Gasteiger partial charge is 0.126 e. The summed E-state index contributed by atoms with van der Waals surface area (Å²) in [4.78, 5) is 18.6. The molecule has 0 unspecified atom stereocenters. The first-order valence-corrected chi connectivity index (χ1v) is 10.5. The van der Waals surface area contributed by atoms with Gasteiger partial charge < -0.3 is 19.4 Å². The molecule has 3 heterocycles. The first kappa shape index (κ1) is 20.5. The van der Waals surface area contributed by atoms with E-state index in [1.165, 1.54) is 0 Å². The summed E-state index contributed by atoms with van der Waals surface area (Å²) in [6, 6.07) is 18.2. The van der Waals surface area contributed by atoms with E-state index in [2.05, 4.69) is 43.0 Å². The molecule has 0 spiro atoms. The minimum Gasteiger partial charge on any atom is -0.497 e. The van der Waals surface area contributed by atoms with E-state index >= 15 is 0 Å². The first-order chi connectivity index (χ1) is 16.2. The van der Waals surface area contributed by atoms with Crippen molar-refractivity contribution in [3.8, 4) is 22.6 Å². The van der Waals surface area contributed by atoms with Crippen LogP contribution in [0.1, 0.15) is 5.82 Å². The van der Waals surface area contributed by atoms with Crippen LogP contribution in [-0.2, 0) is 6.54 Å². The van der Waals surface area contributed by atoms with E-state index in [0.717, 1.165) is 50.7 Å². The number of methoxy groups -OCH3 is 2. The summed E-state index contributed by atoms with van der Waals surface area (Å²) in [5.41, 5.74) is 4.98. The van der Waals surface area contributed by atoms with Crippen LogP contribution in [-0.4, -0.2) is 34.2 Å². The van der Waals surface area contributed by atoms with Crippen LogP contribution in [0, 0.1) is 0 Å². The lowest BCUT2D eigenvalue weighted by atomic mass is 10.1. The predicted molar refractivity (Wildman–Crippen MR) is 129 cm³/mol. The molecule has 33 heavy (non-hydrogen) atoms. The maximum Gasteiger partial charge on any atom is 0.126 e. The highest BCUT2D eigenvalue weighted by molar-refractivity contribution is 5.87. The van der Waals surface area contributed by atoms with Crippen molar-refractivity contribution in [3.05, 3.63) is 91.4 Å². The van der Waals surface area contributed by atoms with Crippen molar-refractivity contribution in [2.24, 2.45) is 0 Å². The normalized spacial score (nSPS) is 10.8. The van der Waals surface area contributed by atoms with Gasteiger partial charge in [-0.15, -0.1) is 0 Å². The molecule has 1 N–H and O–H groups in total. The number of rotatable bonds is 7. The topological polar surface area (TPSA) is 76.2 Å². The van der Waals surface area contributed by atoms with Gasteiger partial charge in [-0.1, -0.05) is 0 Å². The summed E-state index contributed by atoms with van der Waals surface area (Å²) < 4.78 is 11.0. The third kappa shape index (κ3) is 4.34. The van der Waals surface area contributed by atoms with Crippen molar-refractivity contribution in [2.75, 3.05) is 19.1 Å². The summed E-state index contributed by atoms with van der Waals surface area (Å²) in [7, 11) is 3.30. The number of aromatic amines is 1. The van der Waals surface area contributed by atoms with E-state index in [1.54, 1.807) is 32.8 Å². The lowest BCUT2D eigenvalue weighted by Gasteiger charge is -2.25. The molecule has 2 aromatic carbocycles. The number of nitrogens with one attached hydrogen (secondary N) is 1. The Balaban J connectivity index is 1.62. The van der Waals surface area contributed by atoms with Gasteiger partial charge in [-0.25, -0.2) is 4.98 Å². The molecule has 0 atom stereocenters. The van der Waals surface area contributed by atoms with Crippen molar-refractivity contribution in [1.29, 1.82) is 0 Å². The number of ether oxygens (including phenoxy) is 2. The Bertz CT molecular complexity index is 1350. The molecular weight excluding hydrogens is 414 g/mol. The zero-order chi connectivity index (χ0) is 22.6. The molecule has 0 saturated carbocycles. The van der Waals surface area contributed by atoms with Crippen molar-refractivity contribution in [3.63, 3.8) is 0 Å². The number of hydrogen-bond acceptors (Lipinski definition) is 6. The number of nitrogens with zero attached hydrogens (tertiary/aromatic N) is 4. The highest BCUT2D eigenvalue weighted by Crippen LogP contribution is 2.35. The van der Waals surface area contributed by atoms with Gasteiger partial charge >= 0.3 is 0 Å². The number of H-pyrrole nitrogens is 1. The van der Waals surface area contributed by atoms with Gasteiger partial charge in [0, 0.05) is 71.5 Å². The van der Waals surface area contributed by atoms with Gasteiger partial charge in [-0.2, -0.15) is 0 Å². The highest BCUT2D eigenvalue weighted by atomic mass is 16.5. The SMILES string of the molecule is COc1cc(OC)cc(N(Cc2ncc[nH]2)c2ccc3ncc(-c4ccncc4)cc3c2)c1. The van der Waals surface area contributed by atoms with E-state index in [9.17, 15) is 0 Å². The van der Waals surface area contributed by atoms with Crippen LogP contribution >= 0.6 is 0 Å². The molecule has 7 heteroatoms. The predicted octanol–water partition coefficient (Wildman–Crippen LogP) is 5.38. The van der Waals surface area contributed by atoms with Crippen LogP contribution < -0.4 is 14.4 Å². The van der Waals surface area contributed by atoms with Gasteiger partial charge in [0.25, 0.3) is 0 Å². The Kier molecular flexibility index (Phi) is 5.59. The maximum absolute atomic E-state index is 5.51.